The van der Waals surface area contributed by atoms with Crippen LogP contribution >= 0.6 is 11.6 Å². The van der Waals surface area contributed by atoms with E-state index in [9.17, 15) is 14.9 Å². The zero-order chi connectivity index (χ0) is 17.5. The predicted molar refractivity (Wildman–Crippen MR) is 89.8 cm³/mol. The largest absolute Gasteiger partial charge is 0.496 e. The van der Waals surface area contributed by atoms with E-state index in [0.717, 1.165) is 0 Å². The molecular formula is C16H15ClN2O5. The highest BCUT2D eigenvalue weighted by Gasteiger charge is 2.17. The Morgan fingerprint density at radius 3 is 2.50 bits per heavy atom. The number of halogens is 1. The van der Waals surface area contributed by atoms with Gasteiger partial charge in [-0.15, -0.1) is 0 Å². The number of nitrogens with one attached hydrogen (secondary N) is 1. The minimum absolute atomic E-state index is 0.0474. The normalized spacial score (nSPS) is 10.1. The van der Waals surface area contributed by atoms with Crippen LogP contribution in [0.15, 0.2) is 42.5 Å². The molecule has 1 N–H and O–H groups in total. The Morgan fingerprint density at radius 2 is 1.88 bits per heavy atom. The van der Waals surface area contributed by atoms with Gasteiger partial charge in [0, 0.05) is 5.02 Å². The fourth-order valence-corrected chi connectivity index (χ4v) is 2.03. The maximum atomic E-state index is 11.9. The summed E-state index contributed by atoms with van der Waals surface area (Å²) in [5, 5.41) is 14.2. The number of benzene rings is 2. The Labute approximate surface area is 143 Å². The van der Waals surface area contributed by atoms with Crippen LogP contribution in [0.2, 0.25) is 5.02 Å². The van der Waals surface area contributed by atoms with Gasteiger partial charge in [-0.1, -0.05) is 11.6 Å². The number of hydrogen-bond donors (Lipinski definition) is 1. The zero-order valence-electron chi connectivity index (χ0n) is 12.8. The van der Waals surface area contributed by atoms with Gasteiger partial charge >= 0.3 is 0 Å². The Bertz CT molecular complexity index is 734. The van der Waals surface area contributed by atoms with Crippen molar-refractivity contribution in [3.63, 3.8) is 0 Å². The van der Waals surface area contributed by atoms with Crippen molar-refractivity contribution in [2.45, 2.75) is 6.42 Å². The van der Waals surface area contributed by atoms with Crippen molar-refractivity contribution in [3.05, 3.63) is 57.6 Å². The number of carbonyl (C=O) groups is 1. The second kappa shape index (κ2) is 8.16. The highest BCUT2D eigenvalue weighted by atomic mass is 35.5. The molecule has 2 aromatic carbocycles. The molecule has 126 valence electrons. The molecule has 0 aliphatic carbocycles. The molecule has 0 spiro atoms. The van der Waals surface area contributed by atoms with Crippen LogP contribution in [0.25, 0.3) is 0 Å². The van der Waals surface area contributed by atoms with E-state index in [1.165, 1.54) is 25.3 Å². The van der Waals surface area contributed by atoms with Gasteiger partial charge in [0.1, 0.15) is 17.2 Å². The van der Waals surface area contributed by atoms with Crippen LogP contribution in [0.4, 0.5) is 11.4 Å². The summed E-state index contributed by atoms with van der Waals surface area (Å²) >= 11 is 5.76. The smallest absolute Gasteiger partial charge is 0.296 e. The molecule has 0 saturated heterocycles. The Hall–Kier alpha value is -2.80. The molecule has 2 aromatic rings. The van der Waals surface area contributed by atoms with Gasteiger partial charge in [-0.3, -0.25) is 14.9 Å². The van der Waals surface area contributed by atoms with Gasteiger partial charge in [0.25, 0.3) is 5.69 Å². The van der Waals surface area contributed by atoms with Gasteiger partial charge in [-0.25, -0.2) is 0 Å². The van der Waals surface area contributed by atoms with Gasteiger partial charge in [-0.2, -0.15) is 0 Å². The summed E-state index contributed by atoms with van der Waals surface area (Å²) in [7, 11) is 1.41. The molecule has 8 heteroatoms. The van der Waals surface area contributed by atoms with Crippen molar-refractivity contribution in [1.82, 2.24) is 0 Å². The van der Waals surface area contributed by atoms with Crippen molar-refractivity contribution in [2.24, 2.45) is 0 Å². The number of hydrogen-bond acceptors (Lipinski definition) is 5. The van der Waals surface area contributed by atoms with E-state index in [0.29, 0.717) is 16.5 Å². The molecule has 2 rings (SSSR count). The van der Waals surface area contributed by atoms with Gasteiger partial charge in [0.2, 0.25) is 5.91 Å². The molecule has 0 unspecified atom stereocenters. The molecule has 24 heavy (non-hydrogen) atoms. The summed E-state index contributed by atoms with van der Waals surface area (Å²) in [5.41, 5.74) is -0.126. The molecule has 0 aliphatic rings. The van der Waals surface area contributed by atoms with Crippen molar-refractivity contribution >= 4 is 28.9 Å². The van der Waals surface area contributed by atoms with Crippen LogP contribution in [-0.4, -0.2) is 24.5 Å². The topological polar surface area (TPSA) is 90.7 Å². The first-order chi connectivity index (χ1) is 11.5. The first kappa shape index (κ1) is 17.6. The van der Waals surface area contributed by atoms with Crippen LogP contribution in [0.5, 0.6) is 11.5 Å². The molecule has 7 nitrogen and oxygen atoms in total. The average molecular weight is 351 g/mol. The van der Waals surface area contributed by atoms with Crippen LogP contribution in [0.1, 0.15) is 6.42 Å². The predicted octanol–water partition coefficient (Wildman–Crippen LogP) is 3.66. The van der Waals surface area contributed by atoms with Gasteiger partial charge in [0.15, 0.2) is 0 Å². The molecule has 0 heterocycles. The number of anilines is 1. The summed E-state index contributed by atoms with van der Waals surface area (Å²) < 4.78 is 10.4. The molecule has 1 amide bonds. The Kier molecular flexibility index (Phi) is 5.97. The highest BCUT2D eigenvalue weighted by molar-refractivity contribution is 6.30. The third-order valence-electron chi connectivity index (χ3n) is 3.09. The maximum Gasteiger partial charge on any atom is 0.296 e. The average Bonchev–Trinajstić information content (AvgIpc) is 2.57. The summed E-state index contributed by atoms with van der Waals surface area (Å²) in [6.07, 6.45) is 0.0474. The molecule has 0 saturated carbocycles. The summed E-state index contributed by atoms with van der Waals surface area (Å²) in [6.45, 7) is 0.136. The van der Waals surface area contributed by atoms with Crippen molar-refractivity contribution in [2.75, 3.05) is 19.0 Å². The number of amides is 1. The number of nitrogens with zero attached hydrogens (tertiary/aromatic N) is 1. The minimum Gasteiger partial charge on any atom is -0.496 e. The van der Waals surface area contributed by atoms with Crippen LogP contribution in [-0.2, 0) is 4.79 Å². The number of carbonyl (C=O) groups excluding carboxylic acids is 1. The van der Waals surface area contributed by atoms with Crippen molar-refractivity contribution in [3.8, 4) is 11.5 Å². The molecule has 0 fully saturated rings. The molecule has 0 atom stereocenters. The second-order valence-corrected chi connectivity index (χ2v) is 5.18. The fourth-order valence-electron chi connectivity index (χ4n) is 1.90. The lowest BCUT2D eigenvalue weighted by atomic mass is 10.2. The number of nitro benzene ring substituents is 1. The first-order valence-electron chi connectivity index (χ1n) is 7.00. The lowest BCUT2D eigenvalue weighted by molar-refractivity contribution is -0.384. The third kappa shape index (κ3) is 4.85. The monoisotopic (exact) mass is 350 g/mol. The zero-order valence-corrected chi connectivity index (χ0v) is 13.6. The first-order valence-corrected chi connectivity index (χ1v) is 7.38. The van der Waals surface area contributed by atoms with Crippen LogP contribution in [0.3, 0.4) is 0 Å². The number of methoxy groups -OCH3 is 1. The summed E-state index contributed by atoms with van der Waals surface area (Å²) in [5.74, 6) is 0.533. The molecular weight excluding hydrogens is 336 g/mol. The SMILES string of the molecule is COc1ccc(NC(=O)CCOc2ccc(Cl)cc2)c([N+](=O)[O-])c1. The standard InChI is InChI=1S/C16H15ClN2O5/c1-23-13-6-7-14(15(10-13)19(21)22)18-16(20)8-9-24-12-4-2-11(17)3-5-12/h2-7,10H,8-9H2,1H3,(H,18,20). The number of ether oxygens (including phenoxy) is 2. The molecule has 0 bridgehead atoms. The van der Waals surface area contributed by atoms with Crippen molar-refractivity contribution < 1.29 is 19.2 Å². The van der Waals surface area contributed by atoms with Gasteiger partial charge in [0.05, 0.1) is 31.1 Å². The molecule has 0 radical (unpaired) electrons. The molecule has 0 aliphatic heterocycles. The van der Waals surface area contributed by atoms with E-state index in [1.807, 2.05) is 0 Å². The van der Waals surface area contributed by atoms with Crippen LogP contribution in [0, 0.1) is 10.1 Å². The quantitative estimate of drug-likeness (QED) is 0.607. The summed E-state index contributed by atoms with van der Waals surface area (Å²) in [6, 6.07) is 10.9. The van der Waals surface area contributed by atoms with E-state index in [2.05, 4.69) is 5.32 Å². The Morgan fingerprint density at radius 1 is 1.21 bits per heavy atom. The Balaban J connectivity index is 1.92. The van der Waals surface area contributed by atoms with Gasteiger partial charge < -0.3 is 14.8 Å². The lowest BCUT2D eigenvalue weighted by Crippen LogP contribution is -2.16. The van der Waals surface area contributed by atoms with E-state index < -0.39 is 10.8 Å². The van der Waals surface area contributed by atoms with E-state index in [1.54, 1.807) is 24.3 Å². The van der Waals surface area contributed by atoms with Gasteiger partial charge in [-0.05, 0) is 36.4 Å². The van der Waals surface area contributed by atoms with E-state index in [4.69, 9.17) is 21.1 Å². The number of rotatable bonds is 7. The molecule has 0 aromatic heterocycles. The van der Waals surface area contributed by atoms with E-state index in [-0.39, 0.29) is 24.4 Å². The maximum absolute atomic E-state index is 11.9. The third-order valence-corrected chi connectivity index (χ3v) is 3.34. The second-order valence-electron chi connectivity index (χ2n) is 4.74. The highest BCUT2D eigenvalue weighted by Crippen LogP contribution is 2.29. The minimum atomic E-state index is -0.581. The van der Waals surface area contributed by atoms with E-state index >= 15 is 0 Å². The summed E-state index contributed by atoms with van der Waals surface area (Å²) in [4.78, 5) is 22.4. The van der Waals surface area contributed by atoms with Crippen molar-refractivity contribution in [1.29, 1.82) is 0 Å². The number of nitro groups is 1. The lowest BCUT2D eigenvalue weighted by Gasteiger charge is -2.08. The van der Waals surface area contributed by atoms with Crippen LogP contribution < -0.4 is 14.8 Å². The fraction of sp³-hybridized carbons (Fsp3) is 0.188.